The number of nitrogens with zero attached hydrogens (tertiary/aromatic N) is 4. The number of esters is 3. The molecule has 3 heterocycles. The molecular formula is C36H29N5O7. The fourth-order valence-electron chi connectivity index (χ4n) is 5.50. The molecule has 1 aliphatic rings. The van der Waals surface area contributed by atoms with E-state index in [-0.39, 0.29) is 39.1 Å². The molecule has 1 fully saturated rings. The van der Waals surface area contributed by atoms with E-state index >= 15 is 0 Å². The van der Waals surface area contributed by atoms with Crippen LogP contribution in [0.15, 0.2) is 116 Å². The molecule has 48 heavy (non-hydrogen) atoms. The number of fused-ring (bicyclic) bond motifs is 1. The summed E-state index contributed by atoms with van der Waals surface area (Å²) in [5.74, 6) is -2.06. The summed E-state index contributed by atoms with van der Waals surface area (Å²) in [4.78, 5) is 48.9. The van der Waals surface area contributed by atoms with Gasteiger partial charge in [0.05, 0.1) is 27.6 Å². The van der Waals surface area contributed by atoms with Gasteiger partial charge in [-0.15, -0.1) is 0 Å². The number of hydrogen-bond acceptors (Lipinski definition) is 11. The van der Waals surface area contributed by atoms with Crippen LogP contribution in [0.2, 0.25) is 0 Å². The Balaban J connectivity index is 1.48. The van der Waals surface area contributed by atoms with Crippen LogP contribution < -0.4 is 5.73 Å². The van der Waals surface area contributed by atoms with Gasteiger partial charge in [-0.25, -0.2) is 24.4 Å². The number of hydrogen-bond donors (Lipinski definition) is 1. The van der Waals surface area contributed by atoms with E-state index in [2.05, 4.69) is 16.0 Å². The van der Waals surface area contributed by atoms with Gasteiger partial charge in [0.15, 0.2) is 24.5 Å². The summed E-state index contributed by atoms with van der Waals surface area (Å²) in [7, 11) is 0. The molecule has 2 aromatic heterocycles. The molecule has 0 unspecified atom stereocenters. The molecule has 2 N–H and O–H groups in total. The van der Waals surface area contributed by atoms with Gasteiger partial charge < -0.3 is 29.2 Å². The Bertz CT molecular complexity index is 2010. The Hall–Kier alpha value is -6.32. The molecule has 12 nitrogen and oxygen atoms in total. The first-order valence-corrected chi connectivity index (χ1v) is 15.0. The normalized spacial score (nSPS) is 19.4. The van der Waals surface area contributed by atoms with Crippen molar-refractivity contribution in [1.29, 1.82) is 5.26 Å². The van der Waals surface area contributed by atoms with Crippen LogP contribution in [0.3, 0.4) is 0 Å². The van der Waals surface area contributed by atoms with E-state index in [0.29, 0.717) is 0 Å². The van der Waals surface area contributed by atoms with Gasteiger partial charge in [0.1, 0.15) is 30.0 Å². The van der Waals surface area contributed by atoms with Crippen molar-refractivity contribution >= 4 is 34.8 Å². The highest BCUT2D eigenvalue weighted by atomic mass is 16.7. The van der Waals surface area contributed by atoms with E-state index in [1.807, 2.05) is 0 Å². The van der Waals surface area contributed by atoms with E-state index in [0.717, 1.165) is 0 Å². The lowest BCUT2D eigenvalue weighted by atomic mass is 10.0. The topological polar surface area (TPSA) is 169 Å². The van der Waals surface area contributed by atoms with Crippen molar-refractivity contribution in [3.8, 4) is 6.07 Å². The third-order valence-electron chi connectivity index (χ3n) is 7.72. The van der Waals surface area contributed by atoms with Crippen LogP contribution in [0.4, 0.5) is 5.82 Å². The SMILES string of the molecule is CC=C[C@@H](OC(=O)c1ccccc1)[C@H]1O[C@@H](n2cc(C#N)c3c(N)ncnc32)[C@H](OC(=O)c2ccccc2)[C@@H]1OC(=O)c1ccccc1. The lowest BCUT2D eigenvalue weighted by Crippen LogP contribution is -2.44. The summed E-state index contributed by atoms with van der Waals surface area (Å²) in [6, 6.07) is 27.0. The maximum absolute atomic E-state index is 13.6. The molecule has 1 saturated heterocycles. The van der Waals surface area contributed by atoms with Crippen molar-refractivity contribution in [3.63, 3.8) is 0 Å². The lowest BCUT2D eigenvalue weighted by molar-refractivity contribution is -0.0791. The van der Waals surface area contributed by atoms with Crippen LogP contribution in [0, 0.1) is 11.3 Å². The van der Waals surface area contributed by atoms with Crippen LogP contribution in [0.25, 0.3) is 11.0 Å². The number of nitriles is 1. The first kappa shape index (κ1) is 31.7. The van der Waals surface area contributed by atoms with Gasteiger partial charge in [-0.1, -0.05) is 60.7 Å². The summed E-state index contributed by atoms with van der Waals surface area (Å²) in [6.45, 7) is 1.73. The second-order valence-electron chi connectivity index (χ2n) is 10.7. The quantitative estimate of drug-likeness (QED) is 0.130. The highest BCUT2D eigenvalue weighted by Crippen LogP contribution is 2.40. The fourth-order valence-corrected chi connectivity index (χ4v) is 5.50. The van der Waals surface area contributed by atoms with Crippen LogP contribution in [-0.4, -0.2) is 56.9 Å². The molecule has 0 saturated carbocycles. The smallest absolute Gasteiger partial charge is 0.338 e. The van der Waals surface area contributed by atoms with Gasteiger partial charge >= 0.3 is 17.9 Å². The Labute approximate surface area is 274 Å². The highest BCUT2D eigenvalue weighted by molar-refractivity contribution is 5.93. The van der Waals surface area contributed by atoms with Crippen molar-refractivity contribution in [3.05, 3.63) is 138 Å². The van der Waals surface area contributed by atoms with E-state index in [1.54, 1.807) is 110 Å². The number of aromatic nitrogens is 3. The number of rotatable bonds is 9. The highest BCUT2D eigenvalue weighted by Gasteiger charge is 2.54. The maximum Gasteiger partial charge on any atom is 0.338 e. The van der Waals surface area contributed by atoms with Crippen LogP contribution in [-0.2, 0) is 18.9 Å². The average Bonchev–Trinajstić information content (AvgIpc) is 3.67. The summed E-state index contributed by atoms with van der Waals surface area (Å²) < 4.78 is 26.2. The van der Waals surface area contributed by atoms with Crippen molar-refractivity contribution in [2.75, 3.05) is 5.73 Å². The zero-order chi connectivity index (χ0) is 33.6. The lowest BCUT2D eigenvalue weighted by Gasteiger charge is -2.27. The summed E-state index contributed by atoms with van der Waals surface area (Å²) in [6.07, 6.45) is -0.321. The van der Waals surface area contributed by atoms with Crippen molar-refractivity contribution in [1.82, 2.24) is 14.5 Å². The first-order valence-electron chi connectivity index (χ1n) is 15.0. The Kier molecular flexibility index (Phi) is 9.22. The zero-order valence-electron chi connectivity index (χ0n) is 25.6. The van der Waals surface area contributed by atoms with Gasteiger partial charge in [0, 0.05) is 6.20 Å². The minimum atomic E-state index is -1.34. The number of carbonyl (C=O) groups excluding carboxylic acids is 3. The average molecular weight is 644 g/mol. The van der Waals surface area contributed by atoms with Crippen LogP contribution >= 0.6 is 0 Å². The molecule has 1 aliphatic heterocycles. The third kappa shape index (κ3) is 6.35. The number of nitrogens with two attached hydrogens (primary N) is 1. The maximum atomic E-state index is 13.6. The van der Waals surface area contributed by atoms with Gasteiger partial charge in [0.25, 0.3) is 0 Å². The number of allylic oxidation sites excluding steroid dienone is 1. The zero-order valence-corrected chi connectivity index (χ0v) is 25.6. The molecular weight excluding hydrogens is 614 g/mol. The van der Waals surface area contributed by atoms with E-state index < -0.39 is 48.6 Å². The van der Waals surface area contributed by atoms with Gasteiger partial charge in [0.2, 0.25) is 0 Å². The molecule has 3 aromatic carbocycles. The molecule has 0 aliphatic carbocycles. The number of carbonyl (C=O) groups is 3. The summed E-state index contributed by atoms with van der Waals surface area (Å²) in [5.41, 5.74) is 7.24. The van der Waals surface area contributed by atoms with Crippen molar-refractivity contribution < 1.29 is 33.3 Å². The standard InChI is InChI=1S/C36H29N5O7/c1-2-12-26(45-34(42)22-13-6-3-7-14-22)28-29(47-35(43)23-15-8-4-9-16-23)30(48-36(44)24-17-10-5-11-18-24)33(46-28)41-20-25(19-37)27-31(38)39-21-40-32(27)41/h2-18,20-21,26,28-30,33H,1H3,(H2,38,39,40)/t26-,28-,29-,30-,33-/m1/s1. The Morgan fingerprint density at radius 3 is 1.94 bits per heavy atom. The van der Waals surface area contributed by atoms with Crippen LogP contribution in [0.5, 0.6) is 0 Å². The Morgan fingerprint density at radius 2 is 1.40 bits per heavy atom. The van der Waals surface area contributed by atoms with Gasteiger partial charge in [-0.3, -0.25) is 0 Å². The molecule has 5 aromatic rings. The largest absolute Gasteiger partial charge is 0.452 e. The molecule has 0 spiro atoms. The van der Waals surface area contributed by atoms with Crippen molar-refractivity contribution in [2.45, 2.75) is 37.6 Å². The molecule has 0 amide bonds. The van der Waals surface area contributed by atoms with E-state index in [1.165, 1.54) is 17.1 Å². The second-order valence-corrected chi connectivity index (χ2v) is 10.7. The second kappa shape index (κ2) is 14.0. The summed E-state index contributed by atoms with van der Waals surface area (Å²) in [5, 5.41) is 10.2. The molecule has 5 atom stereocenters. The summed E-state index contributed by atoms with van der Waals surface area (Å²) >= 11 is 0. The first-order chi connectivity index (χ1) is 23.4. The fraction of sp³-hybridized carbons (Fsp3) is 0.167. The Morgan fingerprint density at radius 1 is 0.854 bits per heavy atom. The number of benzene rings is 3. The van der Waals surface area contributed by atoms with E-state index in [9.17, 15) is 19.6 Å². The number of ether oxygens (including phenoxy) is 4. The van der Waals surface area contributed by atoms with Crippen molar-refractivity contribution in [2.24, 2.45) is 0 Å². The minimum absolute atomic E-state index is 0.0540. The van der Waals surface area contributed by atoms with Crippen LogP contribution in [0.1, 0.15) is 49.8 Å². The molecule has 0 bridgehead atoms. The predicted octanol–water partition coefficient (Wildman–Crippen LogP) is 5.04. The van der Waals surface area contributed by atoms with Gasteiger partial charge in [-0.05, 0) is 49.4 Å². The third-order valence-corrected chi connectivity index (χ3v) is 7.72. The molecule has 6 rings (SSSR count). The number of anilines is 1. The van der Waals surface area contributed by atoms with Gasteiger partial charge in [-0.2, -0.15) is 5.26 Å². The molecule has 240 valence electrons. The predicted molar refractivity (Wildman–Crippen MR) is 172 cm³/mol. The molecule has 12 heteroatoms. The number of nitrogen functional groups attached to an aromatic ring is 1. The molecule has 0 radical (unpaired) electrons. The monoisotopic (exact) mass is 643 g/mol. The van der Waals surface area contributed by atoms with E-state index in [4.69, 9.17) is 24.7 Å². The minimum Gasteiger partial charge on any atom is -0.452 e.